The largest absolute Gasteiger partial charge is 0.382 e. The summed E-state index contributed by atoms with van der Waals surface area (Å²) in [5.74, 6) is 0.571. The summed E-state index contributed by atoms with van der Waals surface area (Å²) in [5.41, 5.74) is 9.54. The predicted molar refractivity (Wildman–Crippen MR) is 137 cm³/mol. The van der Waals surface area contributed by atoms with Crippen molar-refractivity contribution in [3.05, 3.63) is 88.7 Å². The molecular formula is C26H24ClN7O2. The van der Waals surface area contributed by atoms with E-state index in [2.05, 4.69) is 25.1 Å². The number of rotatable bonds is 6. The molecule has 9 nitrogen and oxygen atoms in total. The summed E-state index contributed by atoms with van der Waals surface area (Å²) in [6.45, 7) is 3.37. The zero-order chi connectivity index (χ0) is 25.1. The third-order valence-corrected chi connectivity index (χ3v) is 6.38. The molecular weight excluding hydrogens is 478 g/mol. The summed E-state index contributed by atoms with van der Waals surface area (Å²) in [6.07, 6.45) is 6.14. The van der Waals surface area contributed by atoms with Crippen LogP contribution in [0, 0.1) is 0 Å². The number of nitrogens with zero attached hydrogens (tertiary/aromatic N) is 6. The maximum atomic E-state index is 13.8. The first kappa shape index (κ1) is 23.8. The number of benzene rings is 1. The topological polar surface area (TPSA) is 120 Å². The first-order valence-corrected chi connectivity index (χ1v) is 11.9. The second-order valence-electron chi connectivity index (χ2n) is 8.44. The number of hydrogen-bond acceptors (Lipinski definition) is 8. The van der Waals surface area contributed by atoms with Crippen molar-refractivity contribution in [3.8, 4) is 0 Å². The maximum absolute atomic E-state index is 13.8. The van der Waals surface area contributed by atoms with E-state index < -0.39 is 6.04 Å². The third-order valence-electron chi connectivity index (χ3n) is 6.07. The molecule has 1 amide bonds. The van der Waals surface area contributed by atoms with Crippen molar-refractivity contribution < 1.29 is 9.53 Å². The molecule has 36 heavy (non-hydrogen) atoms. The number of halogens is 1. The minimum Gasteiger partial charge on any atom is -0.382 e. The molecule has 182 valence electrons. The van der Waals surface area contributed by atoms with Crippen LogP contribution >= 0.6 is 11.6 Å². The van der Waals surface area contributed by atoms with E-state index in [9.17, 15) is 4.79 Å². The van der Waals surface area contributed by atoms with E-state index in [1.54, 1.807) is 47.6 Å². The van der Waals surface area contributed by atoms with Crippen LogP contribution < -0.4 is 5.73 Å². The van der Waals surface area contributed by atoms with Gasteiger partial charge in [-0.15, -0.1) is 0 Å². The zero-order valence-corrected chi connectivity index (χ0v) is 20.4. The van der Waals surface area contributed by atoms with Crippen molar-refractivity contribution in [1.29, 1.82) is 0 Å². The fourth-order valence-electron chi connectivity index (χ4n) is 4.06. The number of aromatic nitrogens is 5. The van der Waals surface area contributed by atoms with Crippen molar-refractivity contribution in [2.45, 2.75) is 25.9 Å². The van der Waals surface area contributed by atoms with Crippen LogP contribution in [0.3, 0.4) is 0 Å². The van der Waals surface area contributed by atoms with Crippen LogP contribution in [0.25, 0.3) is 16.5 Å². The number of fused-ring (bicyclic) bond motifs is 1. The van der Waals surface area contributed by atoms with E-state index in [-0.39, 0.29) is 18.3 Å². The number of pyridine rings is 1. The highest BCUT2D eigenvalue weighted by Gasteiger charge is 2.26. The molecule has 0 radical (unpaired) electrons. The molecule has 0 fully saturated rings. The first-order valence-electron chi connectivity index (χ1n) is 11.5. The molecule has 2 N–H and O–H groups in total. The molecule has 4 heterocycles. The van der Waals surface area contributed by atoms with Crippen LogP contribution in [0.1, 0.15) is 47.0 Å². The fraction of sp³-hybridized carbons (Fsp3) is 0.231. The lowest BCUT2D eigenvalue weighted by Crippen LogP contribution is -2.34. The van der Waals surface area contributed by atoms with Gasteiger partial charge in [-0.2, -0.15) is 10.2 Å². The highest BCUT2D eigenvalue weighted by molar-refractivity contribution is 6.33. The zero-order valence-electron chi connectivity index (χ0n) is 19.6. The van der Waals surface area contributed by atoms with E-state index in [0.29, 0.717) is 40.8 Å². The monoisotopic (exact) mass is 501 g/mol. The van der Waals surface area contributed by atoms with E-state index in [1.165, 1.54) is 0 Å². The summed E-state index contributed by atoms with van der Waals surface area (Å²) >= 11 is 6.16. The summed E-state index contributed by atoms with van der Waals surface area (Å²) in [7, 11) is 0. The number of ether oxygens (including phenoxy) is 1. The Balaban J connectivity index is 1.46. The van der Waals surface area contributed by atoms with Gasteiger partial charge in [0.25, 0.3) is 5.91 Å². The number of amides is 1. The molecule has 3 aromatic heterocycles. The highest BCUT2D eigenvalue weighted by atomic mass is 35.5. The molecule has 0 saturated carbocycles. The van der Waals surface area contributed by atoms with Crippen LogP contribution in [-0.4, -0.2) is 49.2 Å². The van der Waals surface area contributed by atoms with Gasteiger partial charge in [0.1, 0.15) is 11.6 Å². The molecule has 0 saturated heterocycles. The van der Waals surface area contributed by atoms with Crippen molar-refractivity contribution >= 4 is 39.8 Å². The lowest BCUT2D eigenvalue weighted by atomic mass is 10.1. The molecule has 0 aliphatic carbocycles. The molecule has 0 bridgehead atoms. The highest BCUT2D eigenvalue weighted by Crippen LogP contribution is 2.27. The first-order chi connectivity index (χ1) is 17.5. The number of carbonyl (C=O) groups excluding carboxylic acids is 1. The smallest absolute Gasteiger partial charge is 0.254 e. The molecule has 10 heteroatoms. The molecule has 1 aliphatic heterocycles. The van der Waals surface area contributed by atoms with Gasteiger partial charge in [-0.25, -0.2) is 15.0 Å². The minimum absolute atomic E-state index is 0.206. The number of nitrogens with two attached hydrogens (primary N) is 1. The molecule has 1 aliphatic rings. The van der Waals surface area contributed by atoms with Gasteiger partial charge < -0.3 is 15.4 Å². The second-order valence-corrected chi connectivity index (χ2v) is 8.85. The summed E-state index contributed by atoms with van der Waals surface area (Å²) < 4.78 is 5.38. The Bertz CT molecular complexity index is 1430. The Labute approximate surface area is 213 Å². The SMILES string of the molecule is C[C@H](c1ncccn1)N(Cc1ccc(C2=CCOCC2)nn1)C(=O)c1ccc2nc(N)c(Cl)cc2c1. The lowest BCUT2D eigenvalue weighted by molar-refractivity contribution is 0.0663. The summed E-state index contributed by atoms with van der Waals surface area (Å²) in [4.78, 5) is 28.5. The van der Waals surface area contributed by atoms with Crippen LogP contribution in [0.4, 0.5) is 5.82 Å². The van der Waals surface area contributed by atoms with Gasteiger partial charge in [-0.05, 0) is 61.4 Å². The molecule has 1 aromatic carbocycles. The van der Waals surface area contributed by atoms with Crippen molar-refractivity contribution in [1.82, 2.24) is 30.0 Å². The predicted octanol–water partition coefficient (Wildman–Crippen LogP) is 4.26. The number of anilines is 1. The summed E-state index contributed by atoms with van der Waals surface area (Å²) in [5, 5.41) is 9.87. The quantitative estimate of drug-likeness (QED) is 0.416. The van der Waals surface area contributed by atoms with Gasteiger partial charge in [0.15, 0.2) is 0 Å². The van der Waals surface area contributed by atoms with Gasteiger partial charge in [0.05, 0.1) is 47.7 Å². The molecule has 4 aromatic rings. The molecule has 0 spiro atoms. The van der Waals surface area contributed by atoms with Gasteiger partial charge in [-0.1, -0.05) is 17.7 Å². The average Bonchev–Trinajstić information content (AvgIpc) is 2.93. The average molecular weight is 502 g/mol. The minimum atomic E-state index is -0.415. The van der Waals surface area contributed by atoms with Crippen LogP contribution in [0.5, 0.6) is 0 Å². The van der Waals surface area contributed by atoms with E-state index >= 15 is 0 Å². The van der Waals surface area contributed by atoms with Crippen molar-refractivity contribution in [2.75, 3.05) is 18.9 Å². The maximum Gasteiger partial charge on any atom is 0.254 e. The van der Waals surface area contributed by atoms with Crippen molar-refractivity contribution in [3.63, 3.8) is 0 Å². The number of carbonyl (C=O) groups is 1. The van der Waals surface area contributed by atoms with Crippen molar-refractivity contribution in [2.24, 2.45) is 0 Å². The standard InChI is InChI=1S/C26H24ClN7O2/c1-16(25-29-9-2-10-30-25)34(15-20-4-6-23(33-32-20)17-7-11-36-12-8-17)26(35)18-3-5-22-19(13-18)14-21(27)24(28)31-22/h2-7,9-10,13-14,16H,8,11-12,15H2,1H3,(H2,28,31)/t16-/m1/s1. The summed E-state index contributed by atoms with van der Waals surface area (Å²) in [6, 6.07) is 12.1. The van der Waals surface area contributed by atoms with Gasteiger partial charge in [0, 0.05) is 23.3 Å². The Kier molecular flexibility index (Phi) is 6.84. The van der Waals surface area contributed by atoms with Gasteiger partial charge in [-0.3, -0.25) is 4.79 Å². The van der Waals surface area contributed by atoms with E-state index in [4.69, 9.17) is 22.1 Å². The lowest BCUT2D eigenvalue weighted by Gasteiger charge is -2.28. The van der Waals surface area contributed by atoms with Gasteiger partial charge in [0.2, 0.25) is 0 Å². The van der Waals surface area contributed by atoms with Crippen LogP contribution in [0.2, 0.25) is 5.02 Å². The van der Waals surface area contributed by atoms with Gasteiger partial charge >= 0.3 is 0 Å². The third kappa shape index (κ3) is 5.02. The molecule has 0 unspecified atom stereocenters. The Hall–Kier alpha value is -3.95. The number of hydrogen-bond donors (Lipinski definition) is 1. The second kappa shape index (κ2) is 10.3. The molecule has 1 atom stereocenters. The Morgan fingerprint density at radius 3 is 2.72 bits per heavy atom. The van der Waals surface area contributed by atoms with E-state index in [0.717, 1.165) is 23.1 Å². The normalized spacial score (nSPS) is 14.3. The van der Waals surface area contributed by atoms with E-state index in [1.807, 2.05) is 25.1 Å². The molecule has 5 rings (SSSR count). The fourth-order valence-corrected chi connectivity index (χ4v) is 4.22. The van der Waals surface area contributed by atoms with Crippen LogP contribution in [-0.2, 0) is 11.3 Å². The Morgan fingerprint density at radius 1 is 1.17 bits per heavy atom. The Morgan fingerprint density at radius 2 is 2.00 bits per heavy atom. The number of nitrogen functional groups attached to an aromatic ring is 1. The van der Waals surface area contributed by atoms with Crippen LogP contribution in [0.15, 0.2) is 60.9 Å².